The zero-order valence-electron chi connectivity index (χ0n) is 42.4. The highest BCUT2D eigenvalue weighted by Crippen LogP contribution is 2.47. The fourth-order valence-corrected chi connectivity index (χ4v) is 10.6. The third kappa shape index (κ3) is 13.1. The molecule has 0 spiro atoms. The number of rotatable bonds is 16. The third-order valence-corrected chi connectivity index (χ3v) is 14.4. The number of hydrogen-bond acceptors (Lipinski definition) is 10. The Balaban J connectivity index is 1.17. The van der Waals surface area contributed by atoms with Gasteiger partial charge in [-0.2, -0.15) is 0 Å². The first-order chi connectivity index (χ1) is 35.4. The van der Waals surface area contributed by atoms with Crippen LogP contribution in [0.1, 0.15) is 121 Å². The molecule has 4 aliphatic rings. The molecule has 0 unspecified atom stereocenters. The summed E-state index contributed by atoms with van der Waals surface area (Å²) in [6.45, 7) is 5.23. The summed E-state index contributed by atoms with van der Waals surface area (Å²) >= 11 is 0. The van der Waals surface area contributed by atoms with Crippen LogP contribution < -0.4 is 20.5 Å². The molecular weight excluding hydrogens is 919 g/mol. The number of nitrogens with zero attached hydrogens (tertiary/aromatic N) is 1. The number of carbonyl (C=O) groups excluding carboxylic acids is 1. The number of allylic oxidation sites excluding steroid dienone is 4. The molecule has 12 heteroatoms. The van der Waals surface area contributed by atoms with E-state index in [1.165, 1.54) is 5.56 Å². The number of benzene rings is 5. The molecule has 9 rings (SSSR count). The number of ketones is 1. The Morgan fingerprint density at radius 3 is 2.55 bits per heavy atom. The van der Waals surface area contributed by atoms with Crippen LogP contribution in [0.5, 0.6) is 17.2 Å². The fraction of sp³-hybridized carbons (Fsp3) is 0.377. The van der Waals surface area contributed by atoms with Gasteiger partial charge in [-0.15, -0.1) is 0 Å². The highest BCUT2D eigenvalue weighted by Gasteiger charge is 2.30. The summed E-state index contributed by atoms with van der Waals surface area (Å²) in [5.41, 5.74) is 13.9. The lowest BCUT2D eigenvalue weighted by Crippen LogP contribution is -2.24. The second kappa shape index (κ2) is 24.6. The van der Waals surface area contributed by atoms with Gasteiger partial charge in [0.05, 0.1) is 19.6 Å². The zero-order chi connectivity index (χ0) is 51.4. The molecule has 2 aliphatic carbocycles. The van der Waals surface area contributed by atoms with Gasteiger partial charge in [0, 0.05) is 54.8 Å². The predicted molar refractivity (Wildman–Crippen MR) is 288 cm³/mol. The van der Waals surface area contributed by atoms with Crippen molar-refractivity contribution >= 4 is 34.3 Å². The maximum Gasteiger partial charge on any atom is 0.192 e. The van der Waals surface area contributed by atoms with Crippen LogP contribution in [0.15, 0.2) is 114 Å². The smallest absolute Gasteiger partial charge is 0.192 e. The maximum absolute atomic E-state index is 14.1. The number of aliphatic hydroxyl groups excluding tert-OH is 2. The van der Waals surface area contributed by atoms with Crippen LogP contribution in [0, 0.1) is 23.9 Å². The Labute approximate surface area is 429 Å². The molecule has 2 heterocycles. The van der Waals surface area contributed by atoms with Crippen molar-refractivity contribution in [2.45, 2.75) is 109 Å². The summed E-state index contributed by atoms with van der Waals surface area (Å²) in [4.78, 5) is 18.1. The van der Waals surface area contributed by atoms with Gasteiger partial charge in [-0.3, -0.25) is 9.79 Å². The molecule has 6 bridgehead atoms. The quantitative estimate of drug-likeness (QED) is 0.0182. The van der Waals surface area contributed by atoms with Gasteiger partial charge < -0.3 is 50.4 Å². The van der Waals surface area contributed by atoms with Crippen LogP contribution in [-0.2, 0) is 46.6 Å². The van der Waals surface area contributed by atoms with E-state index in [1.807, 2.05) is 73.7 Å². The van der Waals surface area contributed by atoms with E-state index in [9.17, 15) is 25.2 Å². The van der Waals surface area contributed by atoms with Crippen LogP contribution in [0.4, 0.5) is 5.69 Å². The molecule has 0 aromatic heterocycles. The number of hydrogen-bond donors (Lipinski definition) is 6. The minimum atomic E-state index is -1.87. The standard InChI is InChI=1S/C61H69N3O9/c1-5-71-26-24-40-11-8-13-42(28-40)29-44-25-27-72-49(33-45-32-47(65)21-19-43(45)14-7-6-10-39-12-9-15-46(30-39)64-61(62)63-3)34-48(66)20-17-41-18-23-56(70-4)57(31-41)73-37-54-50-22-16-38(2)51-36-55(67)58(44)53(59(50)51)35-52(54)60(68)69/h8-9,11-13,15-16,18-19,21-23,28,30-32,35-36,38,43-45,49,60,65,67-69H,5-7,10,14,17,20,24,26,29,33-34,37H2,1-4H3,(H3,62,63,64)/t38-,43+,44+,45-,49-/m0/s1. The first kappa shape index (κ1) is 52.3. The Bertz CT molecular complexity index is 2960. The van der Waals surface area contributed by atoms with Gasteiger partial charge in [0.2, 0.25) is 0 Å². The Hall–Kier alpha value is -7.04. The number of phenolic OH excluding ortho intramolecular Hbond substituents is 1. The van der Waals surface area contributed by atoms with Crippen LogP contribution >= 0.6 is 0 Å². The second-order valence-electron chi connectivity index (χ2n) is 19.4. The lowest BCUT2D eigenvalue weighted by atomic mass is 9.78. The predicted octanol–water partition coefficient (Wildman–Crippen LogP) is 10.8. The van der Waals surface area contributed by atoms with Gasteiger partial charge in [0.1, 0.15) is 36.1 Å². The zero-order valence-corrected chi connectivity index (χ0v) is 42.4. The van der Waals surface area contributed by atoms with E-state index < -0.39 is 18.3 Å². The number of aromatic hydroxyl groups is 1. The van der Waals surface area contributed by atoms with Gasteiger partial charge in [-0.25, -0.2) is 0 Å². The minimum Gasteiger partial charge on any atom is -0.508 e. The Morgan fingerprint density at radius 1 is 0.945 bits per heavy atom. The first-order valence-corrected chi connectivity index (χ1v) is 25.6. The SMILES string of the molecule is CCOCCc1cccc(C[C@H]2C#CO[C@@H](C[C@@H]3C=C(O)C=C[C@H]3CCCCc3cccc(NC(N)=NC)c3)CC(=O)CCc3ccc(OC)c(c3)OCc3c(C(O)O)cc4c2c(O)cc2c4c3C=C[C@@H]2C)c1. The largest absolute Gasteiger partial charge is 0.508 e. The van der Waals surface area contributed by atoms with Crippen LogP contribution in [-0.4, -0.2) is 65.6 Å². The molecule has 0 amide bonds. The molecular formula is C61H69N3O9. The van der Waals surface area contributed by atoms with Crippen LogP contribution in [0.2, 0.25) is 0 Å². The van der Waals surface area contributed by atoms with E-state index in [-0.39, 0.29) is 60.1 Å². The lowest BCUT2D eigenvalue weighted by Gasteiger charge is -2.28. The summed E-state index contributed by atoms with van der Waals surface area (Å²) in [6.07, 6.45) is 16.2. The Morgan fingerprint density at radius 2 is 1.75 bits per heavy atom. The molecule has 12 nitrogen and oxygen atoms in total. The van der Waals surface area contributed by atoms with Crippen LogP contribution in [0.25, 0.3) is 16.8 Å². The molecule has 7 N–H and O–H groups in total. The monoisotopic (exact) mass is 988 g/mol. The highest BCUT2D eigenvalue weighted by molar-refractivity contribution is 6.01. The van der Waals surface area contributed by atoms with Gasteiger partial charge in [0.25, 0.3) is 0 Å². The number of carbonyl (C=O) groups is 1. The van der Waals surface area contributed by atoms with Crippen molar-refractivity contribution in [3.63, 3.8) is 0 Å². The first-order valence-electron chi connectivity index (χ1n) is 25.6. The van der Waals surface area contributed by atoms with Crippen molar-refractivity contribution in [1.82, 2.24) is 0 Å². The summed E-state index contributed by atoms with van der Waals surface area (Å²) in [7, 11) is 3.21. The second-order valence-corrected chi connectivity index (χ2v) is 19.4. The van der Waals surface area contributed by atoms with E-state index in [0.717, 1.165) is 71.0 Å². The normalized spacial score (nSPS) is 19.9. The number of nitrogens with two attached hydrogens (primary N) is 1. The average molecular weight is 988 g/mol. The van der Waals surface area contributed by atoms with Crippen molar-refractivity contribution in [2.75, 3.05) is 32.7 Å². The van der Waals surface area contributed by atoms with Crippen molar-refractivity contribution < 1.29 is 44.2 Å². The maximum atomic E-state index is 14.1. The number of Topliss-reactive ketones (excluding diaryl/α,β-unsaturated/α-hetero) is 1. The van der Waals surface area contributed by atoms with E-state index in [4.69, 9.17) is 24.7 Å². The van der Waals surface area contributed by atoms with E-state index >= 15 is 0 Å². The molecule has 5 aromatic carbocycles. The van der Waals surface area contributed by atoms with E-state index in [1.54, 1.807) is 26.3 Å². The third-order valence-electron chi connectivity index (χ3n) is 14.4. The summed E-state index contributed by atoms with van der Waals surface area (Å²) in [5.74, 6) is 4.17. The minimum absolute atomic E-state index is 0.00113. The summed E-state index contributed by atoms with van der Waals surface area (Å²) < 4.78 is 24.5. The number of methoxy groups -OCH3 is 1. The molecule has 0 saturated carbocycles. The van der Waals surface area contributed by atoms with Crippen molar-refractivity contribution in [1.29, 1.82) is 0 Å². The molecule has 0 radical (unpaired) electrons. The molecule has 5 atom stereocenters. The molecule has 2 aliphatic heterocycles. The number of nitrogens with one attached hydrogen (secondary N) is 1. The van der Waals surface area contributed by atoms with Gasteiger partial charge in [-0.1, -0.05) is 80.0 Å². The number of anilines is 1. The number of aryl methyl sites for hydroxylation is 2. The van der Waals surface area contributed by atoms with Gasteiger partial charge in [-0.05, 0) is 156 Å². The summed E-state index contributed by atoms with van der Waals surface area (Å²) in [6, 6.07) is 25.6. The molecule has 0 saturated heterocycles. The summed E-state index contributed by atoms with van der Waals surface area (Å²) in [5, 5.41) is 50.0. The average Bonchev–Trinajstić information content (AvgIpc) is 3.37. The number of phenols is 1. The molecule has 0 fully saturated rings. The van der Waals surface area contributed by atoms with Crippen molar-refractivity contribution in [3.8, 4) is 29.3 Å². The molecule has 382 valence electrons. The van der Waals surface area contributed by atoms with Crippen molar-refractivity contribution in [2.24, 2.45) is 22.6 Å². The lowest BCUT2D eigenvalue weighted by molar-refractivity contribution is -0.121. The number of aliphatic imine (C=N–C) groups is 1. The number of fused-ring (bicyclic) bond motifs is 9. The van der Waals surface area contributed by atoms with Gasteiger partial charge in [0.15, 0.2) is 23.7 Å². The highest BCUT2D eigenvalue weighted by atomic mass is 16.5. The number of aliphatic hydroxyl groups is 3. The van der Waals surface area contributed by atoms with E-state index in [2.05, 4.69) is 59.6 Å². The van der Waals surface area contributed by atoms with Crippen molar-refractivity contribution in [3.05, 3.63) is 159 Å². The van der Waals surface area contributed by atoms with Gasteiger partial charge >= 0.3 is 0 Å². The molecule has 73 heavy (non-hydrogen) atoms. The number of ether oxygens (including phenoxy) is 4. The topological polar surface area (TPSA) is 185 Å². The Kier molecular flexibility index (Phi) is 17.6. The molecule has 5 aromatic rings. The van der Waals surface area contributed by atoms with Crippen LogP contribution in [0.3, 0.4) is 0 Å². The fourth-order valence-electron chi connectivity index (χ4n) is 10.6. The number of unbranched alkanes of at least 4 members (excludes halogenated alkanes) is 1. The number of guanidine groups is 1. The van der Waals surface area contributed by atoms with E-state index in [0.29, 0.717) is 66.4 Å².